The topological polar surface area (TPSA) is 76.1 Å². The fourth-order valence-corrected chi connectivity index (χ4v) is 5.00. The van der Waals surface area contributed by atoms with Gasteiger partial charge in [-0.05, 0) is 53.3 Å². The van der Waals surface area contributed by atoms with Crippen molar-refractivity contribution in [2.24, 2.45) is 5.92 Å². The number of carbonyl (C=O) groups is 2. The van der Waals surface area contributed by atoms with E-state index < -0.39 is 5.97 Å². The molecule has 6 nitrogen and oxygen atoms in total. The van der Waals surface area contributed by atoms with Crippen LogP contribution >= 0.6 is 0 Å². The van der Waals surface area contributed by atoms with E-state index in [1.54, 1.807) is 24.1 Å². The molecule has 1 N–H and O–H groups in total. The first-order chi connectivity index (χ1) is 15.3. The molecule has 2 atom stereocenters. The zero-order valence-corrected chi connectivity index (χ0v) is 18.8. The van der Waals surface area contributed by atoms with Crippen molar-refractivity contribution in [3.8, 4) is 11.5 Å². The fourth-order valence-electron chi connectivity index (χ4n) is 5.00. The molecule has 166 valence electrons. The molecule has 1 aliphatic heterocycles. The Bertz CT molecular complexity index is 1260. The maximum atomic E-state index is 11.7. The lowest BCUT2D eigenvalue weighted by Crippen LogP contribution is -2.39. The molecule has 0 unspecified atom stereocenters. The predicted octanol–water partition coefficient (Wildman–Crippen LogP) is 2.68. The summed E-state index contributed by atoms with van der Waals surface area (Å²) in [6, 6.07) is 9.11. The SMILES string of the molecule is C=C1c2c(OC(C)=O)ccc(C3=c4cccc(O)c4=C(OC)C[C@H]3C)c2C[C@@H](C)N1C=O. The van der Waals surface area contributed by atoms with Gasteiger partial charge >= 0.3 is 5.97 Å². The molecule has 0 saturated heterocycles. The Balaban J connectivity index is 2.10. The number of phenols is 1. The Hall–Kier alpha value is -3.54. The second-order valence-electron chi connectivity index (χ2n) is 8.42. The largest absolute Gasteiger partial charge is 0.507 e. The molecule has 2 aromatic rings. The number of hydrogen-bond donors (Lipinski definition) is 1. The van der Waals surface area contributed by atoms with Gasteiger partial charge in [0.25, 0.3) is 0 Å². The van der Waals surface area contributed by atoms with Crippen molar-refractivity contribution in [3.05, 3.63) is 64.0 Å². The average molecular weight is 434 g/mol. The van der Waals surface area contributed by atoms with Crippen LogP contribution in [0.25, 0.3) is 17.0 Å². The van der Waals surface area contributed by atoms with Gasteiger partial charge in [-0.1, -0.05) is 31.7 Å². The number of rotatable bonds is 4. The van der Waals surface area contributed by atoms with Crippen molar-refractivity contribution in [1.29, 1.82) is 0 Å². The first-order valence-electron chi connectivity index (χ1n) is 10.6. The molecule has 0 spiro atoms. The van der Waals surface area contributed by atoms with E-state index in [0.29, 0.717) is 35.1 Å². The molecular formula is C26H27NO5. The van der Waals surface area contributed by atoms with Gasteiger partial charge in [0.05, 0.1) is 12.3 Å². The maximum Gasteiger partial charge on any atom is 0.308 e. The van der Waals surface area contributed by atoms with E-state index in [4.69, 9.17) is 9.47 Å². The monoisotopic (exact) mass is 433 g/mol. The van der Waals surface area contributed by atoms with Crippen LogP contribution in [0.4, 0.5) is 0 Å². The molecule has 0 radical (unpaired) electrons. The van der Waals surface area contributed by atoms with E-state index >= 15 is 0 Å². The van der Waals surface area contributed by atoms with Gasteiger partial charge in [0.15, 0.2) is 0 Å². The number of nitrogens with zero attached hydrogens (tertiary/aromatic N) is 1. The Morgan fingerprint density at radius 1 is 1.22 bits per heavy atom. The summed E-state index contributed by atoms with van der Waals surface area (Å²) < 4.78 is 11.1. The predicted molar refractivity (Wildman–Crippen MR) is 122 cm³/mol. The molecule has 1 amide bonds. The lowest BCUT2D eigenvalue weighted by molar-refractivity contribution is -0.131. The first-order valence-corrected chi connectivity index (χ1v) is 10.6. The Morgan fingerprint density at radius 2 is 1.97 bits per heavy atom. The van der Waals surface area contributed by atoms with Crippen LogP contribution in [0.5, 0.6) is 11.5 Å². The highest BCUT2D eigenvalue weighted by molar-refractivity contribution is 5.86. The lowest BCUT2D eigenvalue weighted by Gasteiger charge is -2.36. The minimum absolute atomic E-state index is 0.0944. The fraction of sp³-hybridized carbons (Fsp3) is 0.308. The Labute approximate surface area is 187 Å². The van der Waals surface area contributed by atoms with Crippen LogP contribution < -0.4 is 15.2 Å². The number of methoxy groups -OCH3 is 1. The quantitative estimate of drug-likeness (QED) is 0.456. The van der Waals surface area contributed by atoms with Crippen molar-refractivity contribution in [2.45, 2.75) is 39.7 Å². The molecule has 0 saturated carbocycles. The molecule has 0 aromatic heterocycles. The van der Waals surface area contributed by atoms with Gasteiger partial charge in [0.1, 0.15) is 17.3 Å². The van der Waals surface area contributed by atoms with Gasteiger partial charge < -0.3 is 19.5 Å². The first kappa shape index (κ1) is 21.7. The normalized spacial score (nSPS) is 19.9. The molecule has 4 rings (SSSR count). The number of hydrogen-bond acceptors (Lipinski definition) is 5. The molecule has 2 aliphatic rings. The molecule has 0 bridgehead atoms. The molecule has 6 heteroatoms. The third kappa shape index (κ3) is 3.36. The van der Waals surface area contributed by atoms with Gasteiger partial charge in [-0.3, -0.25) is 9.59 Å². The van der Waals surface area contributed by atoms with E-state index in [1.807, 2.05) is 25.1 Å². The smallest absolute Gasteiger partial charge is 0.308 e. The average Bonchev–Trinajstić information content (AvgIpc) is 2.73. The molecule has 0 fully saturated rings. The number of esters is 1. The van der Waals surface area contributed by atoms with Gasteiger partial charge in [0, 0.05) is 30.6 Å². The number of benzene rings is 2. The molecular weight excluding hydrogens is 406 g/mol. The summed E-state index contributed by atoms with van der Waals surface area (Å²) in [5.41, 5.74) is 4.25. The summed E-state index contributed by atoms with van der Waals surface area (Å²) in [5, 5.41) is 12.2. The van der Waals surface area contributed by atoms with Crippen molar-refractivity contribution in [1.82, 2.24) is 4.90 Å². The van der Waals surface area contributed by atoms with E-state index in [2.05, 4.69) is 13.5 Å². The summed E-state index contributed by atoms with van der Waals surface area (Å²) in [5.74, 6) is 1.01. The second-order valence-corrected chi connectivity index (χ2v) is 8.42. The lowest BCUT2D eigenvalue weighted by atomic mass is 9.79. The van der Waals surface area contributed by atoms with E-state index in [0.717, 1.165) is 34.1 Å². The highest BCUT2D eigenvalue weighted by atomic mass is 16.5. The standard InChI is InChI=1S/C26H27NO5/c1-14-11-23(31-5)26-19(7-6-8-21(26)30)24(14)18-9-10-22(32-17(4)29)25-16(3)27(13-28)15(2)12-20(18)25/h6-10,13-15,30H,3,11-12H2,1-2,4-5H3/t14-,15-/m1/s1. The van der Waals surface area contributed by atoms with Crippen LogP contribution in [-0.4, -0.2) is 35.5 Å². The van der Waals surface area contributed by atoms with Gasteiger partial charge in [-0.2, -0.15) is 0 Å². The second kappa shape index (κ2) is 8.19. The van der Waals surface area contributed by atoms with Crippen molar-refractivity contribution in [2.75, 3.05) is 7.11 Å². The summed E-state index contributed by atoms with van der Waals surface area (Å²) in [6.07, 6.45) is 2.00. The summed E-state index contributed by atoms with van der Waals surface area (Å²) >= 11 is 0. The van der Waals surface area contributed by atoms with E-state index in [9.17, 15) is 14.7 Å². The molecule has 1 heterocycles. The number of phenolic OH excluding ortho intramolecular Hbond substituents is 1. The number of ether oxygens (including phenoxy) is 2. The van der Waals surface area contributed by atoms with Crippen LogP contribution in [0.3, 0.4) is 0 Å². The minimum atomic E-state index is -0.433. The third-order valence-electron chi connectivity index (χ3n) is 6.35. The molecule has 32 heavy (non-hydrogen) atoms. The van der Waals surface area contributed by atoms with Crippen LogP contribution in [-0.2, 0) is 20.7 Å². The van der Waals surface area contributed by atoms with E-state index in [-0.39, 0.29) is 17.7 Å². The highest BCUT2D eigenvalue weighted by Gasteiger charge is 2.33. The van der Waals surface area contributed by atoms with Crippen LogP contribution in [0, 0.1) is 5.92 Å². The number of fused-ring (bicyclic) bond motifs is 2. The van der Waals surface area contributed by atoms with Crippen LogP contribution in [0.1, 0.15) is 43.9 Å². The Kier molecular flexibility index (Phi) is 5.55. The molecule has 1 aliphatic carbocycles. The molecule has 2 aromatic carbocycles. The van der Waals surface area contributed by atoms with Crippen molar-refractivity contribution < 1.29 is 24.2 Å². The number of aromatic hydroxyl groups is 1. The minimum Gasteiger partial charge on any atom is -0.507 e. The number of amides is 1. The Morgan fingerprint density at radius 3 is 2.62 bits per heavy atom. The zero-order valence-electron chi connectivity index (χ0n) is 18.8. The zero-order chi connectivity index (χ0) is 23.2. The highest BCUT2D eigenvalue weighted by Crippen LogP contribution is 2.42. The third-order valence-corrected chi connectivity index (χ3v) is 6.35. The summed E-state index contributed by atoms with van der Waals surface area (Å²) in [6.45, 7) is 9.60. The van der Waals surface area contributed by atoms with Gasteiger partial charge in [-0.15, -0.1) is 0 Å². The van der Waals surface area contributed by atoms with Crippen molar-refractivity contribution >= 4 is 29.4 Å². The number of carbonyl (C=O) groups excluding carboxylic acids is 2. The van der Waals surface area contributed by atoms with Crippen LogP contribution in [0.2, 0.25) is 0 Å². The van der Waals surface area contributed by atoms with Crippen LogP contribution in [0.15, 0.2) is 36.9 Å². The summed E-state index contributed by atoms with van der Waals surface area (Å²) in [4.78, 5) is 25.1. The van der Waals surface area contributed by atoms with Gasteiger partial charge in [0.2, 0.25) is 6.41 Å². The van der Waals surface area contributed by atoms with Gasteiger partial charge in [-0.25, -0.2) is 0 Å². The summed E-state index contributed by atoms with van der Waals surface area (Å²) in [7, 11) is 1.62. The maximum absolute atomic E-state index is 11.7. The van der Waals surface area contributed by atoms with Crippen molar-refractivity contribution in [3.63, 3.8) is 0 Å². The van der Waals surface area contributed by atoms with E-state index in [1.165, 1.54) is 6.92 Å².